The molecule has 5 nitrogen and oxygen atoms in total. The molecule has 0 bridgehead atoms. The maximum Gasteiger partial charge on any atom is 0.243 e. The van der Waals surface area contributed by atoms with E-state index in [0.29, 0.717) is 17.1 Å². The molecular weight excluding hydrogens is 338 g/mol. The topological polar surface area (TPSA) is 70.2 Å². The first-order chi connectivity index (χ1) is 12.0. The number of carbonyl (C=O) groups excluding carboxylic acids is 2. The van der Waals surface area contributed by atoms with E-state index in [-0.39, 0.29) is 18.4 Å². The highest BCUT2D eigenvalue weighted by Gasteiger charge is 2.06. The van der Waals surface area contributed by atoms with Gasteiger partial charge in [0.15, 0.2) is 0 Å². The number of hydrogen-bond donors (Lipinski definition) is 3. The lowest BCUT2D eigenvalue weighted by atomic mass is 10.2. The second kappa shape index (κ2) is 9.08. The Morgan fingerprint density at radius 2 is 1.64 bits per heavy atom. The molecule has 2 aromatic carbocycles. The van der Waals surface area contributed by atoms with Crippen LogP contribution in [-0.2, 0) is 9.59 Å². The fraction of sp³-hybridized carbons (Fsp3) is 0.263. The van der Waals surface area contributed by atoms with Crippen molar-refractivity contribution in [2.24, 2.45) is 0 Å². The van der Waals surface area contributed by atoms with Gasteiger partial charge in [0, 0.05) is 28.5 Å². The van der Waals surface area contributed by atoms with Gasteiger partial charge in [-0.1, -0.05) is 24.6 Å². The molecule has 0 unspecified atom stereocenters. The summed E-state index contributed by atoms with van der Waals surface area (Å²) in [6.07, 6.45) is 1.32. The third kappa shape index (κ3) is 6.12. The second-order valence-electron chi connectivity index (χ2n) is 5.74. The van der Waals surface area contributed by atoms with Gasteiger partial charge in [0.05, 0.1) is 6.54 Å². The maximum absolute atomic E-state index is 12.1. The molecule has 6 heteroatoms. The number of amides is 2. The molecule has 0 aliphatic carbocycles. The van der Waals surface area contributed by atoms with Gasteiger partial charge in [-0.2, -0.15) is 0 Å². The summed E-state index contributed by atoms with van der Waals surface area (Å²) in [7, 11) is 0. The Morgan fingerprint density at radius 3 is 2.32 bits per heavy atom. The summed E-state index contributed by atoms with van der Waals surface area (Å²) in [4.78, 5) is 23.6. The Morgan fingerprint density at radius 1 is 0.960 bits per heavy atom. The van der Waals surface area contributed by atoms with E-state index in [1.165, 1.54) is 0 Å². The number of hydrogen-bond acceptors (Lipinski definition) is 3. The molecule has 0 aromatic heterocycles. The second-order valence-corrected chi connectivity index (χ2v) is 6.17. The quantitative estimate of drug-likeness (QED) is 0.684. The predicted molar refractivity (Wildman–Crippen MR) is 103 cm³/mol. The van der Waals surface area contributed by atoms with Crippen molar-refractivity contribution in [1.29, 1.82) is 0 Å². The van der Waals surface area contributed by atoms with Gasteiger partial charge in [0.1, 0.15) is 0 Å². The Hall–Kier alpha value is -2.53. The number of anilines is 3. The molecule has 3 N–H and O–H groups in total. The van der Waals surface area contributed by atoms with E-state index < -0.39 is 0 Å². The van der Waals surface area contributed by atoms with Crippen molar-refractivity contribution in [3.05, 3.63) is 53.1 Å². The van der Waals surface area contributed by atoms with Crippen molar-refractivity contribution in [2.45, 2.75) is 26.7 Å². The van der Waals surface area contributed by atoms with Crippen LogP contribution in [0.3, 0.4) is 0 Å². The van der Waals surface area contributed by atoms with Gasteiger partial charge in [-0.3, -0.25) is 9.59 Å². The molecule has 0 radical (unpaired) electrons. The van der Waals surface area contributed by atoms with E-state index in [1.807, 2.05) is 32.0 Å². The Kier molecular flexibility index (Phi) is 6.83. The van der Waals surface area contributed by atoms with Crippen LogP contribution in [0.25, 0.3) is 0 Å². The lowest BCUT2D eigenvalue weighted by Gasteiger charge is -2.11. The van der Waals surface area contributed by atoms with Crippen LogP contribution in [0, 0.1) is 6.92 Å². The number of rotatable bonds is 7. The van der Waals surface area contributed by atoms with Gasteiger partial charge < -0.3 is 16.0 Å². The molecule has 0 heterocycles. The molecule has 25 heavy (non-hydrogen) atoms. The van der Waals surface area contributed by atoms with Crippen LogP contribution in [0.4, 0.5) is 17.1 Å². The van der Waals surface area contributed by atoms with E-state index in [9.17, 15) is 9.59 Å². The minimum Gasteiger partial charge on any atom is -0.376 e. The molecule has 0 fully saturated rings. The van der Waals surface area contributed by atoms with Crippen molar-refractivity contribution in [2.75, 3.05) is 22.5 Å². The van der Waals surface area contributed by atoms with E-state index >= 15 is 0 Å². The number of aryl methyl sites for hydroxylation is 1. The summed E-state index contributed by atoms with van der Waals surface area (Å²) in [6.45, 7) is 4.00. The molecule has 2 aromatic rings. The molecule has 0 aliphatic rings. The highest BCUT2D eigenvalue weighted by Crippen LogP contribution is 2.20. The summed E-state index contributed by atoms with van der Waals surface area (Å²) >= 11 is 5.95. The summed E-state index contributed by atoms with van der Waals surface area (Å²) < 4.78 is 0. The zero-order valence-corrected chi connectivity index (χ0v) is 15.1. The minimum absolute atomic E-state index is 0.000483. The zero-order valence-electron chi connectivity index (χ0n) is 14.4. The zero-order chi connectivity index (χ0) is 18.2. The first kappa shape index (κ1) is 18.8. The van der Waals surface area contributed by atoms with Gasteiger partial charge in [-0.25, -0.2) is 0 Å². The highest BCUT2D eigenvalue weighted by atomic mass is 35.5. The number of carbonyl (C=O) groups is 2. The van der Waals surface area contributed by atoms with Gasteiger partial charge in [0.2, 0.25) is 11.8 Å². The minimum atomic E-state index is -0.161. The summed E-state index contributed by atoms with van der Waals surface area (Å²) in [5.74, 6) is -0.162. The number of nitrogens with one attached hydrogen (secondary N) is 3. The van der Waals surface area contributed by atoms with E-state index in [4.69, 9.17) is 11.6 Å². The molecule has 0 saturated carbocycles. The van der Waals surface area contributed by atoms with E-state index in [0.717, 1.165) is 23.4 Å². The molecule has 2 amide bonds. The van der Waals surface area contributed by atoms with Gasteiger partial charge in [0.25, 0.3) is 0 Å². The van der Waals surface area contributed by atoms with Crippen molar-refractivity contribution >= 4 is 40.5 Å². The van der Waals surface area contributed by atoms with E-state index in [2.05, 4.69) is 16.0 Å². The SMILES string of the molecule is CCCC(=O)Nc1ccc(NCC(=O)Nc2cc(Cl)ccc2C)cc1. The fourth-order valence-electron chi connectivity index (χ4n) is 2.23. The van der Waals surface area contributed by atoms with Crippen molar-refractivity contribution in [3.63, 3.8) is 0 Å². The van der Waals surface area contributed by atoms with E-state index in [1.54, 1.807) is 24.3 Å². The first-order valence-corrected chi connectivity index (χ1v) is 8.55. The number of halogens is 1. The van der Waals surface area contributed by atoms with Gasteiger partial charge in [-0.15, -0.1) is 0 Å². The van der Waals surface area contributed by atoms with Gasteiger partial charge >= 0.3 is 0 Å². The molecule has 0 spiro atoms. The van der Waals surface area contributed by atoms with Crippen LogP contribution < -0.4 is 16.0 Å². The molecule has 0 atom stereocenters. The Labute approximate surface area is 152 Å². The van der Waals surface area contributed by atoms with Crippen molar-refractivity contribution in [1.82, 2.24) is 0 Å². The van der Waals surface area contributed by atoms with Crippen LogP contribution in [0.5, 0.6) is 0 Å². The molecular formula is C19H22ClN3O2. The summed E-state index contributed by atoms with van der Waals surface area (Å²) in [5.41, 5.74) is 3.19. The Bertz CT molecular complexity index is 745. The summed E-state index contributed by atoms with van der Waals surface area (Å²) in [5, 5.41) is 9.28. The van der Waals surface area contributed by atoms with Crippen molar-refractivity contribution < 1.29 is 9.59 Å². The monoisotopic (exact) mass is 359 g/mol. The largest absolute Gasteiger partial charge is 0.376 e. The smallest absolute Gasteiger partial charge is 0.243 e. The number of benzene rings is 2. The first-order valence-electron chi connectivity index (χ1n) is 8.17. The molecule has 0 aliphatic heterocycles. The van der Waals surface area contributed by atoms with Crippen LogP contribution >= 0.6 is 11.6 Å². The van der Waals surface area contributed by atoms with Crippen LogP contribution in [-0.4, -0.2) is 18.4 Å². The Balaban J connectivity index is 1.85. The normalized spacial score (nSPS) is 10.2. The third-order valence-corrected chi connectivity index (χ3v) is 3.81. The molecule has 2 rings (SSSR count). The lowest BCUT2D eigenvalue weighted by Crippen LogP contribution is -2.22. The highest BCUT2D eigenvalue weighted by molar-refractivity contribution is 6.31. The average molecular weight is 360 g/mol. The van der Waals surface area contributed by atoms with Crippen LogP contribution in [0.1, 0.15) is 25.3 Å². The standard InChI is InChI=1S/C19H22ClN3O2/c1-3-4-18(24)22-16-9-7-15(8-10-16)21-12-19(25)23-17-11-14(20)6-5-13(17)2/h5-11,21H,3-4,12H2,1-2H3,(H,22,24)(H,23,25). The third-order valence-electron chi connectivity index (χ3n) is 3.57. The molecule has 132 valence electrons. The fourth-order valence-corrected chi connectivity index (χ4v) is 2.40. The van der Waals surface area contributed by atoms with Crippen LogP contribution in [0.2, 0.25) is 5.02 Å². The molecule has 0 saturated heterocycles. The lowest BCUT2D eigenvalue weighted by molar-refractivity contribution is -0.116. The summed E-state index contributed by atoms with van der Waals surface area (Å²) in [6, 6.07) is 12.6. The average Bonchev–Trinajstić information content (AvgIpc) is 2.58. The van der Waals surface area contributed by atoms with Crippen LogP contribution in [0.15, 0.2) is 42.5 Å². The van der Waals surface area contributed by atoms with Gasteiger partial charge in [-0.05, 0) is 55.3 Å². The maximum atomic E-state index is 12.1. The predicted octanol–water partition coefficient (Wildman–Crippen LogP) is 4.44. The van der Waals surface area contributed by atoms with Crippen molar-refractivity contribution in [3.8, 4) is 0 Å².